The van der Waals surface area contributed by atoms with E-state index < -0.39 is 0 Å². The van der Waals surface area contributed by atoms with E-state index in [4.69, 9.17) is 43.9 Å². The summed E-state index contributed by atoms with van der Waals surface area (Å²) in [6.07, 6.45) is 0. The fourth-order valence-electron chi connectivity index (χ4n) is 4.38. The van der Waals surface area contributed by atoms with Crippen molar-refractivity contribution in [3.8, 4) is 28.8 Å². The van der Waals surface area contributed by atoms with Crippen molar-refractivity contribution < 1.29 is 0 Å². The SMILES string of the molecule is C.N#Cc1ccccc1N.Nc1ccccc1-c1nnc(-c2ccccc2N)nn1.Nc1ccccc1C1=NNC(c2ccccc2N)=NN1.O=O. The number of nitrogens with zero attached hydrogens (tertiary/aromatic N) is 7. The van der Waals surface area contributed by atoms with Gasteiger partial charge in [-0.2, -0.15) is 15.5 Å². The molecule has 5 aromatic carbocycles. The third kappa shape index (κ3) is 9.81. The van der Waals surface area contributed by atoms with Crippen LogP contribution in [0.2, 0.25) is 0 Å². The van der Waals surface area contributed by atoms with Crippen molar-refractivity contribution >= 4 is 40.1 Å². The molecule has 0 amide bonds. The molecule has 0 radical (unpaired) electrons. The first-order valence-corrected chi connectivity index (χ1v) is 14.9. The van der Waals surface area contributed by atoms with Crippen molar-refractivity contribution in [2.24, 2.45) is 10.2 Å². The topological polar surface area (TPSA) is 288 Å². The molecule has 0 spiro atoms. The van der Waals surface area contributed by atoms with E-state index in [1.165, 1.54) is 0 Å². The van der Waals surface area contributed by atoms with Crippen LogP contribution in [0.3, 0.4) is 0 Å². The Labute approximate surface area is 299 Å². The Morgan fingerprint density at radius 2 is 0.731 bits per heavy atom. The Morgan fingerprint density at radius 1 is 0.442 bits per heavy atom. The molecular weight excluding hydrogens is 660 g/mol. The van der Waals surface area contributed by atoms with Gasteiger partial charge in [0.1, 0.15) is 6.07 Å². The van der Waals surface area contributed by atoms with Gasteiger partial charge in [0, 0.05) is 60.6 Å². The summed E-state index contributed by atoms with van der Waals surface area (Å²) in [5, 5.41) is 33.2. The van der Waals surface area contributed by atoms with Crippen LogP contribution >= 0.6 is 0 Å². The normalized spacial score (nSPS) is 10.8. The van der Waals surface area contributed by atoms with Crippen LogP contribution in [-0.2, 0) is 0 Å². The number of rotatable bonds is 4. The third-order valence-electron chi connectivity index (χ3n) is 6.94. The number of nitriles is 1. The van der Waals surface area contributed by atoms with Crippen LogP contribution in [0.4, 0.5) is 28.4 Å². The highest BCUT2D eigenvalue weighted by molar-refractivity contribution is 6.09. The average Bonchev–Trinajstić information content (AvgIpc) is 3.17. The molecule has 0 saturated heterocycles. The summed E-state index contributed by atoms with van der Waals surface area (Å²) in [6, 6.07) is 38.5. The molecule has 16 nitrogen and oxygen atoms in total. The first kappa shape index (κ1) is 38.5. The van der Waals surface area contributed by atoms with Gasteiger partial charge in [0.05, 0.1) is 5.56 Å². The fraction of sp³-hybridized carbons (Fsp3) is 0.0278. The summed E-state index contributed by atoms with van der Waals surface area (Å²) >= 11 is 0. The zero-order valence-electron chi connectivity index (χ0n) is 26.9. The minimum absolute atomic E-state index is 0. The molecule has 12 N–H and O–H groups in total. The van der Waals surface area contributed by atoms with Gasteiger partial charge in [-0.05, 0) is 60.7 Å². The van der Waals surface area contributed by atoms with Crippen LogP contribution in [-0.4, -0.2) is 32.1 Å². The molecule has 1 aromatic heterocycles. The van der Waals surface area contributed by atoms with E-state index in [0.717, 1.165) is 11.1 Å². The largest absolute Gasteiger partial charge is 0.398 e. The monoisotopic (exact) mass is 696 g/mol. The predicted octanol–water partition coefficient (Wildman–Crippen LogP) is 4.68. The first-order valence-electron chi connectivity index (χ1n) is 14.9. The summed E-state index contributed by atoms with van der Waals surface area (Å²) in [7, 11) is 0. The van der Waals surface area contributed by atoms with Crippen LogP contribution in [0, 0.1) is 21.3 Å². The van der Waals surface area contributed by atoms with Crippen molar-refractivity contribution in [3.63, 3.8) is 0 Å². The van der Waals surface area contributed by atoms with Crippen LogP contribution < -0.4 is 39.5 Å². The van der Waals surface area contributed by atoms with Crippen LogP contribution in [0.15, 0.2) is 132 Å². The number of nitrogens with one attached hydrogen (secondary N) is 2. The molecule has 6 aromatic rings. The number of para-hydroxylation sites is 5. The Hall–Kier alpha value is -7.93. The van der Waals surface area contributed by atoms with Crippen molar-refractivity contribution in [3.05, 3.63) is 148 Å². The average molecular weight is 697 g/mol. The zero-order chi connectivity index (χ0) is 36.6. The predicted molar refractivity (Wildman–Crippen MR) is 207 cm³/mol. The molecule has 0 fully saturated rings. The molecule has 2 heterocycles. The Bertz CT molecular complexity index is 2060. The molecule has 0 atom stereocenters. The summed E-state index contributed by atoms with van der Waals surface area (Å²) in [5.41, 5.74) is 41.3. The van der Waals surface area contributed by atoms with Crippen molar-refractivity contribution in [2.45, 2.75) is 7.43 Å². The maximum atomic E-state index is 8.39. The molecule has 0 aliphatic carbocycles. The van der Waals surface area contributed by atoms with E-state index in [0.29, 0.717) is 68.4 Å². The van der Waals surface area contributed by atoms with E-state index in [2.05, 4.69) is 41.4 Å². The molecule has 1 aliphatic heterocycles. The molecular formula is C36H36N14O2. The number of benzene rings is 5. The van der Waals surface area contributed by atoms with Crippen molar-refractivity contribution in [2.75, 3.05) is 28.7 Å². The van der Waals surface area contributed by atoms with E-state index in [-0.39, 0.29) is 7.43 Å². The lowest BCUT2D eigenvalue weighted by molar-refractivity contribution is 0.877. The summed E-state index contributed by atoms with van der Waals surface area (Å²) in [4.78, 5) is 14.0. The van der Waals surface area contributed by atoms with Gasteiger partial charge in [-0.15, -0.1) is 20.4 Å². The Balaban J connectivity index is 0.000000217. The lowest BCUT2D eigenvalue weighted by Gasteiger charge is -2.16. The number of nitrogens with two attached hydrogens (primary N) is 5. The second-order valence-electron chi connectivity index (χ2n) is 10.2. The number of nitrogen functional groups attached to an aromatic ring is 5. The van der Waals surface area contributed by atoms with E-state index >= 15 is 0 Å². The Morgan fingerprint density at radius 3 is 1.00 bits per heavy atom. The number of amidine groups is 2. The van der Waals surface area contributed by atoms with Gasteiger partial charge in [0.25, 0.3) is 0 Å². The van der Waals surface area contributed by atoms with Crippen LogP contribution in [0.1, 0.15) is 24.1 Å². The highest BCUT2D eigenvalue weighted by Gasteiger charge is 2.15. The fourth-order valence-corrected chi connectivity index (χ4v) is 4.38. The lowest BCUT2D eigenvalue weighted by Crippen LogP contribution is -2.35. The van der Waals surface area contributed by atoms with Gasteiger partial charge in [-0.1, -0.05) is 68.1 Å². The molecule has 0 unspecified atom stereocenters. The minimum Gasteiger partial charge on any atom is -0.398 e. The number of hydrazone groups is 2. The quantitative estimate of drug-likeness (QED) is 0.123. The number of hydrogen-bond acceptors (Lipinski definition) is 16. The van der Waals surface area contributed by atoms with Gasteiger partial charge in [0.2, 0.25) is 11.6 Å². The van der Waals surface area contributed by atoms with Gasteiger partial charge >= 0.3 is 0 Å². The molecule has 52 heavy (non-hydrogen) atoms. The molecule has 7 rings (SSSR count). The van der Waals surface area contributed by atoms with Gasteiger partial charge in [0.15, 0.2) is 11.7 Å². The van der Waals surface area contributed by atoms with E-state index in [9.17, 15) is 0 Å². The van der Waals surface area contributed by atoms with Crippen LogP contribution in [0.5, 0.6) is 0 Å². The standard InChI is InChI=1S/C14H14N6.C14H12N6.C7H6N2.CH4.O2/c2*15-11-7-3-1-5-9(11)13-17-19-14(20-18-13)10-6-2-4-8-12(10)16;8-5-6-3-1-2-4-7(6)9;;1-2/h1-8H,15-16H2,(H,17,18)(H,19,20);1-8H,15-16H2;1-4H,9H2;1H4;. The smallest absolute Gasteiger partial charge is 0.205 e. The van der Waals surface area contributed by atoms with Crippen molar-refractivity contribution in [1.29, 1.82) is 5.26 Å². The van der Waals surface area contributed by atoms with Gasteiger partial charge < -0.3 is 28.7 Å². The lowest BCUT2D eigenvalue weighted by atomic mass is 10.1. The highest BCUT2D eigenvalue weighted by atomic mass is 16.7. The molecule has 16 heteroatoms. The summed E-state index contributed by atoms with van der Waals surface area (Å²) in [6.45, 7) is 0. The molecule has 0 saturated carbocycles. The molecule has 1 aliphatic rings. The summed E-state index contributed by atoms with van der Waals surface area (Å²) in [5.74, 6) is 1.92. The minimum atomic E-state index is 0. The molecule has 262 valence electrons. The summed E-state index contributed by atoms with van der Waals surface area (Å²) < 4.78 is 0. The number of hydrogen-bond donors (Lipinski definition) is 7. The van der Waals surface area contributed by atoms with E-state index in [1.54, 1.807) is 36.4 Å². The van der Waals surface area contributed by atoms with E-state index in [1.807, 2.05) is 91.0 Å². The third-order valence-corrected chi connectivity index (χ3v) is 6.94. The Kier molecular flexibility index (Phi) is 14.2. The van der Waals surface area contributed by atoms with Gasteiger partial charge in [-0.25, -0.2) is 0 Å². The van der Waals surface area contributed by atoms with Crippen molar-refractivity contribution in [1.82, 2.24) is 31.2 Å². The number of anilines is 5. The maximum Gasteiger partial charge on any atom is 0.205 e. The zero-order valence-corrected chi connectivity index (χ0v) is 26.9. The molecule has 0 bridgehead atoms. The van der Waals surface area contributed by atoms with Crippen LogP contribution in [0.25, 0.3) is 22.8 Å². The van der Waals surface area contributed by atoms with Gasteiger partial charge in [-0.3, -0.25) is 10.9 Å². The second kappa shape index (κ2) is 19.2. The second-order valence-corrected chi connectivity index (χ2v) is 10.2. The highest BCUT2D eigenvalue weighted by Crippen LogP contribution is 2.24. The maximum absolute atomic E-state index is 8.39. The first-order chi connectivity index (χ1) is 24.9. The number of aromatic nitrogens is 4.